The Hall–Kier alpha value is -8.85. The van der Waals surface area contributed by atoms with Crippen molar-refractivity contribution in [3.8, 4) is 33.4 Å². The largest absolute Gasteiger partial charge is 0.264 e. The highest BCUT2D eigenvalue weighted by Gasteiger charge is 2.49. The minimum atomic E-state index is -2.80. The zero-order chi connectivity index (χ0) is 50.1. The molecule has 13 rings (SSSR count). The van der Waals surface area contributed by atoms with Crippen molar-refractivity contribution in [3.63, 3.8) is 0 Å². The van der Waals surface area contributed by atoms with Crippen LogP contribution in [0.4, 0.5) is 0 Å². The van der Waals surface area contributed by atoms with E-state index in [0.717, 1.165) is 32.9 Å². The molecule has 0 amide bonds. The van der Waals surface area contributed by atoms with E-state index < -0.39 is 24.2 Å². The summed E-state index contributed by atoms with van der Waals surface area (Å²) in [6.07, 6.45) is 4.24. The average molecular weight is 1010 g/mol. The first-order chi connectivity index (χ1) is 37.2. The lowest BCUT2D eigenvalue weighted by atomic mass is 9.97. The van der Waals surface area contributed by atoms with Gasteiger partial charge in [-0.25, -0.2) is 0 Å². The molecule has 5 heteroatoms. The minimum absolute atomic E-state index is 1.10. The first kappa shape index (κ1) is 46.0. The van der Waals surface area contributed by atoms with Gasteiger partial charge in [0.15, 0.2) is 8.07 Å². The van der Waals surface area contributed by atoms with E-state index in [1.54, 1.807) is 0 Å². The van der Waals surface area contributed by atoms with Crippen molar-refractivity contribution in [2.24, 2.45) is 0 Å². The molecule has 1 aliphatic rings. The molecule has 1 aliphatic heterocycles. The predicted octanol–water partition coefficient (Wildman–Crippen LogP) is 7.92. The van der Waals surface area contributed by atoms with Crippen LogP contribution in [-0.4, -0.2) is 34.2 Å². The van der Waals surface area contributed by atoms with Gasteiger partial charge in [0.1, 0.15) is 0 Å². The lowest BCUT2D eigenvalue weighted by Crippen LogP contribution is -2.75. The fourth-order valence-electron chi connectivity index (χ4n) is 12.4. The maximum Gasteiger partial charge on any atom is 0.201 e. The minimum Gasteiger partial charge on any atom is -0.264 e. The van der Waals surface area contributed by atoms with Gasteiger partial charge in [-0.15, -0.1) is 0 Å². The summed E-state index contributed by atoms with van der Waals surface area (Å²) in [6, 6.07) is 112. The molecule has 3 heterocycles. The molecule has 0 fully saturated rings. The fraction of sp³-hybridized carbons (Fsp3) is 0. The standard InChI is InChI=1S/C70H52N2Si3/c1-9-25-57(26-10-1)73(58-27-11-2-12-28-58,59-29-13-3-14-30-59)69-47-43-55(51-71-69)53-41-45-67-65(49-53)66-50-54(42-46-68(66)75(67,63-37-21-7-22-38-63)64-39-23-8-24-40-64)56-44-48-70(72-52-56)74(60-31-15-4-16-32-60,61-33-17-5-18-34-61)62-35-19-6-20-36-62/h1-52H. The molecule has 0 unspecified atom stereocenters. The topological polar surface area (TPSA) is 25.8 Å². The van der Waals surface area contributed by atoms with Crippen molar-refractivity contribution in [2.75, 3.05) is 0 Å². The van der Waals surface area contributed by atoms with Gasteiger partial charge in [0.05, 0.1) is 0 Å². The smallest absolute Gasteiger partial charge is 0.201 e. The van der Waals surface area contributed by atoms with Crippen LogP contribution in [-0.2, 0) is 0 Å². The van der Waals surface area contributed by atoms with Crippen molar-refractivity contribution in [1.82, 2.24) is 9.97 Å². The Kier molecular flexibility index (Phi) is 12.0. The maximum absolute atomic E-state index is 5.52. The Labute approximate surface area is 443 Å². The molecular formula is C70H52N2Si3. The lowest BCUT2D eigenvalue weighted by Gasteiger charge is -2.33. The SMILES string of the molecule is c1ccc([Si](c2ccccc2)(c2ccccc2)c2ccc(-c3ccc4c(c3)-c3cc(-c5ccc([Si](c6ccccc6)(c6ccccc6)c6ccccc6)nc5)ccc3[Si]4(c3ccccc3)c3ccccc3)cn2)cc1. The van der Waals surface area contributed by atoms with Crippen LogP contribution in [0.3, 0.4) is 0 Å². The number of rotatable bonds is 12. The number of pyridine rings is 2. The van der Waals surface area contributed by atoms with Gasteiger partial charge in [-0.3, -0.25) is 9.97 Å². The third kappa shape index (κ3) is 7.58. The van der Waals surface area contributed by atoms with E-state index in [9.17, 15) is 0 Å². The van der Waals surface area contributed by atoms with Gasteiger partial charge in [-0.1, -0.05) is 279 Å². The fourth-order valence-corrected chi connectivity index (χ4v) is 26.7. The van der Waals surface area contributed by atoms with Crippen molar-refractivity contribution in [2.45, 2.75) is 0 Å². The van der Waals surface area contributed by atoms with Crippen LogP contribution in [0.1, 0.15) is 0 Å². The number of fused-ring (bicyclic) bond motifs is 3. The Morgan fingerprint density at radius 3 is 0.747 bits per heavy atom. The molecule has 0 atom stereocenters. The van der Waals surface area contributed by atoms with Crippen LogP contribution in [0.25, 0.3) is 33.4 Å². The van der Waals surface area contributed by atoms with E-state index in [2.05, 4.69) is 316 Å². The molecule has 75 heavy (non-hydrogen) atoms. The summed E-state index contributed by atoms with van der Waals surface area (Å²) in [6.45, 7) is 0. The normalized spacial score (nSPS) is 12.6. The zero-order valence-electron chi connectivity index (χ0n) is 41.4. The summed E-state index contributed by atoms with van der Waals surface area (Å²) in [4.78, 5) is 11.0. The number of hydrogen-bond acceptors (Lipinski definition) is 2. The molecule has 0 aliphatic carbocycles. The second kappa shape index (κ2) is 19.5. The van der Waals surface area contributed by atoms with Crippen LogP contribution in [0, 0.1) is 0 Å². The van der Waals surface area contributed by atoms with Gasteiger partial charge in [-0.05, 0) is 110 Å². The molecule has 0 saturated carbocycles. The Morgan fingerprint density at radius 2 is 0.493 bits per heavy atom. The molecule has 354 valence electrons. The molecule has 0 bridgehead atoms. The second-order valence-electron chi connectivity index (χ2n) is 19.6. The van der Waals surface area contributed by atoms with Gasteiger partial charge in [0, 0.05) is 23.0 Å². The molecule has 2 aromatic heterocycles. The molecule has 10 aromatic carbocycles. The molecule has 0 spiro atoms. The maximum atomic E-state index is 5.52. The van der Waals surface area contributed by atoms with Gasteiger partial charge >= 0.3 is 0 Å². The van der Waals surface area contributed by atoms with Crippen molar-refractivity contribution in [1.29, 1.82) is 0 Å². The van der Waals surface area contributed by atoms with E-state index in [-0.39, 0.29) is 0 Å². The third-order valence-corrected chi connectivity index (χ3v) is 30.0. The van der Waals surface area contributed by atoms with Crippen molar-refractivity contribution < 1.29 is 0 Å². The summed E-state index contributed by atoms with van der Waals surface area (Å²) >= 11 is 0. The monoisotopic (exact) mass is 1000 g/mol. The van der Waals surface area contributed by atoms with Gasteiger partial charge in [0.25, 0.3) is 0 Å². The molecule has 12 aromatic rings. The Morgan fingerprint density at radius 1 is 0.240 bits per heavy atom. The van der Waals surface area contributed by atoms with E-state index in [1.807, 2.05) is 0 Å². The number of nitrogens with zero attached hydrogens (tertiary/aromatic N) is 2. The third-order valence-electron chi connectivity index (χ3n) is 15.8. The van der Waals surface area contributed by atoms with E-state index in [1.165, 1.54) is 63.0 Å². The summed E-state index contributed by atoms with van der Waals surface area (Å²) in [5.74, 6) is 0. The number of hydrogen-bond donors (Lipinski definition) is 0. The van der Waals surface area contributed by atoms with Crippen molar-refractivity contribution >= 4 is 86.7 Å². The summed E-state index contributed by atoms with van der Waals surface area (Å²) in [7, 11) is -8.38. The highest BCUT2D eigenvalue weighted by Crippen LogP contribution is 2.35. The first-order valence-corrected chi connectivity index (χ1v) is 31.9. The number of aromatic nitrogens is 2. The molecule has 0 radical (unpaired) electrons. The van der Waals surface area contributed by atoms with Crippen LogP contribution in [0.5, 0.6) is 0 Å². The summed E-state index contributed by atoms with van der Waals surface area (Å²) < 4.78 is 0. The quantitative estimate of drug-likeness (QED) is 0.0920. The molecule has 2 nitrogen and oxygen atoms in total. The Balaban J connectivity index is 0.971. The van der Waals surface area contributed by atoms with Crippen LogP contribution < -0.4 is 62.5 Å². The van der Waals surface area contributed by atoms with Gasteiger partial charge in [-0.2, -0.15) is 0 Å². The lowest BCUT2D eigenvalue weighted by molar-refractivity contribution is 1.37. The summed E-state index contributed by atoms with van der Waals surface area (Å²) in [5.41, 5.74) is 7.05. The van der Waals surface area contributed by atoms with Crippen molar-refractivity contribution in [3.05, 3.63) is 316 Å². The summed E-state index contributed by atoms with van der Waals surface area (Å²) in [5, 5.41) is 15.7. The highest BCUT2D eigenvalue weighted by atomic mass is 28.3. The Bertz CT molecular complexity index is 3430. The molecule has 0 saturated heterocycles. The first-order valence-electron chi connectivity index (χ1n) is 25.9. The van der Waals surface area contributed by atoms with E-state index in [4.69, 9.17) is 9.97 Å². The van der Waals surface area contributed by atoms with Crippen LogP contribution in [0.2, 0.25) is 0 Å². The van der Waals surface area contributed by atoms with E-state index >= 15 is 0 Å². The zero-order valence-corrected chi connectivity index (χ0v) is 44.4. The van der Waals surface area contributed by atoms with Crippen LogP contribution >= 0.6 is 0 Å². The molecule has 0 N–H and O–H groups in total. The van der Waals surface area contributed by atoms with E-state index in [0.29, 0.717) is 0 Å². The highest BCUT2D eigenvalue weighted by molar-refractivity contribution is 7.22. The van der Waals surface area contributed by atoms with Gasteiger partial charge in [0.2, 0.25) is 16.1 Å². The molecular weight excluding hydrogens is 953 g/mol. The van der Waals surface area contributed by atoms with Crippen LogP contribution in [0.15, 0.2) is 316 Å². The second-order valence-corrected chi connectivity index (χ2v) is 30.8. The predicted molar refractivity (Wildman–Crippen MR) is 323 cm³/mol. The number of benzene rings is 10. The van der Waals surface area contributed by atoms with Gasteiger partial charge < -0.3 is 0 Å². The average Bonchev–Trinajstić information content (AvgIpc) is 3.80.